The molecular weight excluding hydrogens is 316 g/mol. The molecule has 0 unspecified atom stereocenters. The molecule has 0 saturated heterocycles. The summed E-state index contributed by atoms with van der Waals surface area (Å²) in [6.45, 7) is 7.03. The molecule has 0 saturated carbocycles. The normalized spacial score (nSPS) is 10.9. The van der Waals surface area contributed by atoms with Gasteiger partial charge in [0.2, 0.25) is 0 Å². The molecular formula is C21H40O4. The largest absolute Gasteiger partial charge is 0.465 e. The second-order valence-electron chi connectivity index (χ2n) is 6.83. The molecule has 25 heavy (non-hydrogen) atoms. The van der Waals surface area contributed by atoms with Crippen molar-refractivity contribution in [3.63, 3.8) is 0 Å². The molecule has 4 nitrogen and oxygen atoms in total. The molecule has 0 fully saturated rings. The smallest absolute Gasteiger partial charge is 0.320 e. The van der Waals surface area contributed by atoms with E-state index in [1.807, 2.05) is 6.92 Å². The van der Waals surface area contributed by atoms with E-state index in [4.69, 9.17) is 9.47 Å². The lowest BCUT2D eigenvalue weighted by atomic mass is 10.1. The summed E-state index contributed by atoms with van der Waals surface area (Å²) in [5.74, 6) is -1.62. The van der Waals surface area contributed by atoms with Crippen LogP contribution in [0.1, 0.15) is 104 Å². The molecule has 0 spiro atoms. The molecule has 148 valence electrons. The third kappa shape index (κ3) is 13.9. The van der Waals surface area contributed by atoms with Crippen LogP contribution in [0.2, 0.25) is 0 Å². The Labute approximate surface area is 155 Å². The van der Waals surface area contributed by atoms with Gasteiger partial charge in [-0.2, -0.15) is 0 Å². The SMILES string of the molecule is CCCCCCCCOC(=O)C(CC)C(=O)OCCCCCCCC. The number of esters is 2. The molecule has 0 rings (SSSR count). The maximum atomic E-state index is 12.0. The first-order valence-corrected chi connectivity index (χ1v) is 10.5. The van der Waals surface area contributed by atoms with Crippen LogP contribution in [0.5, 0.6) is 0 Å². The molecule has 0 N–H and O–H groups in total. The van der Waals surface area contributed by atoms with E-state index >= 15 is 0 Å². The van der Waals surface area contributed by atoms with Gasteiger partial charge in [-0.25, -0.2) is 0 Å². The molecule has 0 atom stereocenters. The molecule has 0 aliphatic heterocycles. The van der Waals surface area contributed by atoms with Gasteiger partial charge in [0.25, 0.3) is 0 Å². The Morgan fingerprint density at radius 3 is 1.32 bits per heavy atom. The minimum atomic E-state index is -0.764. The summed E-state index contributed by atoms with van der Waals surface area (Å²) in [6.07, 6.45) is 14.2. The van der Waals surface area contributed by atoms with Crippen LogP contribution in [0.4, 0.5) is 0 Å². The molecule has 0 radical (unpaired) electrons. The molecule has 0 aromatic carbocycles. The van der Waals surface area contributed by atoms with Crippen LogP contribution in [-0.4, -0.2) is 25.2 Å². The summed E-state index contributed by atoms with van der Waals surface area (Å²) < 4.78 is 10.5. The number of hydrogen-bond donors (Lipinski definition) is 0. The van der Waals surface area contributed by atoms with Crippen molar-refractivity contribution >= 4 is 11.9 Å². The number of carbonyl (C=O) groups is 2. The van der Waals surface area contributed by atoms with Gasteiger partial charge in [0.1, 0.15) is 0 Å². The second-order valence-corrected chi connectivity index (χ2v) is 6.83. The summed E-state index contributed by atoms with van der Waals surface area (Å²) in [5, 5.41) is 0. The maximum absolute atomic E-state index is 12.0. The number of ether oxygens (including phenoxy) is 2. The average Bonchev–Trinajstić information content (AvgIpc) is 2.60. The summed E-state index contributed by atoms with van der Waals surface area (Å²) in [4.78, 5) is 24.1. The number of carbonyl (C=O) groups excluding carboxylic acids is 2. The van der Waals surface area contributed by atoms with E-state index in [1.54, 1.807) is 0 Å². The lowest BCUT2D eigenvalue weighted by Crippen LogP contribution is -2.28. The fourth-order valence-corrected chi connectivity index (χ4v) is 2.74. The Hall–Kier alpha value is -1.06. The minimum absolute atomic E-state index is 0.409. The first-order chi connectivity index (χ1) is 12.2. The van der Waals surface area contributed by atoms with Gasteiger partial charge in [0, 0.05) is 0 Å². The van der Waals surface area contributed by atoms with Crippen molar-refractivity contribution in [3.8, 4) is 0 Å². The van der Waals surface area contributed by atoms with Gasteiger partial charge in [0.15, 0.2) is 5.92 Å². The van der Waals surface area contributed by atoms with E-state index < -0.39 is 17.9 Å². The topological polar surface area (TPSA) is 52.6 Å². The van der Waals surface area contributed by atoms with Gasteiger partial charge >= 0.3 is 11.9 Å². The standard InChI is InChI=1S/C21H40O4/c1-4-7-9-11-13-15-17-24-20(22)19(6-3)21(23)25-18-16-14-12-10-8-5-2/h19H,4-18H2,1-3H3. The fourth-order valence-electron chi connectivity index (χ4n) is 2.74. The van der Waals surface area contributed by atoms with Gasteiger partial charge in [-0.05, 0) is 19.3 Å². The predicted molar refractivity (Wildman–Crippen MR) is 102 cm³/mol. The van der Waals surface area contributed by atoms with Crippen LogP contribution in [0.25, 0.3) is 0 Å². The predicted octanol–water partition coefficient (Wildman–Crippen LogP) is 5.82. The summed E-state index contributed by atoms with van der Waals surface area (Å²) >= 11 is 0. The number of hydrogen-bond acceptors (Lipinski definition) is 4. The monoisotopic (exact) mass is 356 g/mol. The first kappa shape index (κ1) is 23.9. The average molecular weight is 357 g/mol. The quantitative estimate of drug-likeness (QED) is 0.187. The fraction of sp³-hybridized carbons (Fsp3) is 0.905. The van der Waals surface area contributed by atoms with E-state index in [0.29, 0.717) is 19.6 Å². The highest BCUT2D eigenvalue weighted by Gasteiger charge is 2.27. The van der Waals surface area contributed by atoms with E-state index in [1.165, 1.54) is 51.4 Å². The van der Waals surface area contributed by atoms with Gasteiger partial charge in [-0.15, -0.1) is 0 Å². The zero-order valence-electron chi connectivity index (χ0n) is 16.8. The highest BCUT2D eigenvalue weighted by Crippen LogP contribution is 2.11. The Kier molecular flexibility index (Phi) is 17.0. The molecule has 0 heterocycles. The molecule has 0 amide bonds. The van der Waals surface area contributed by atoms with Gasteiger partial charge < -0.3 is 9.47 Å². The minimum Gasteiger partial charge on any atom is -0.465 e. The van der Waals surface area contributed by atoms with E-state index in [0.717, 1.165) is 25.7 Å². The highest BCUT2D eigenvalue weighted by atomic mass is 16.6. The molecule has 0 aliphatic rings. The molecule has 0 aromatic heterocycles. The third-order valence-corrected chi connectivity index (χ3v) is 4.46. The van der Waals surface area contributed by atoms with Crippen molar-refractivity contribution in [1.82, 2.24) is 0 Å². The third-order valence-electron chi connectivity index (χ3n) is 4.46. The molecule has 0 aromatic rings. The zero-order chi connectivity index (χ0) is 18.8. The Morgan fingerprint density at radius 1 is 0.600 bits per heavy atom. The van der Waals surface area contributed by atoms with Crippen LogP contribution in [-0.2, 0) is 19.1 Å². The summed E-state index contributed by atoms with van der Waals surface area (Å²) in [5.41, 5.74) is 0. The van der Waals surface area contributed by atoms with Crippen molar-refractivity contribution in [3.05, 3.63) is 0 Å². The van der Waals surface area contributed by atoms with Crippen molar-refractivity contribution in [2.24, 2.45) is 5.92 Å². The van der Waals surface area contributed by atoms with Crippen molar-refractivity contribution in [1.29, 1.82) is 0 Å². The summed E-state index contributed by atoms with van der Waals surface area (Å²) in [6, 6.07) is 0. The zero-order valence-corrected chi connectivity index (χ0v) is 16.8. The highest BCUT2D eigenvalue weighted by molar-refractivity contribution is 5.94. The lowest BCUT2D eigenvalue weighted by Gasteiger charge is -2.13. The van der Waals surface area contributed by atoms with E-state index in [9.17, 15) is 9.59 Å². The van der Waals surface area contributed by atoms with Gasteiger partial charge in [-0.1, -0.05) is 85.0 Å². The molecule has 0 bridgehead atoms. The van der Waals surface area contributed by atoms with Gasteiger partial charge in [-0.3, -0.25) is 9.59 Å². The molecule has 0 aliphatic carbocycles. The lowest BCUT2D eigenvalue weighted by molar-refractivity contribution is -0.162. The van der Waals surface area contributed by atoms with Crippen molar-refractivity contribution in [2.45, 2.75) is 104 Å². The first-order valence-electron chi connectivity index (χ1n) is 10.5. The van der Waals surface area contributed by atoms with Crippen molar-refractivity contribution in [2.75, 3.05) is 13.2 Å². The van der Waals surface area contributed by atoms with Crippen LogP contribution in [0.3, 0.4) is 0 Å². The molecule has 4 heteroatoms. The Bertz CT molecular complexity index is 298. The van der Waals surface area contributed by atoms with E-state index in [-0.39, 0.29) is 0 Å². The second kappa shape index (κ2) is 17.8. The van der Waals surface area contributed by atoms with Crippen LogP contribution < -0.4 is 0 Å². The number of rotatable bonds is 17. The Balaban J connectivity index is 3.77. The maximum Gasteiger partial charge on any atom is 0.320 e. The number of unbranched alkanes of at least 4 members (excludes halogenated alkanes) is 10. The van der Waals surface area contributed by atoms with Crippen LogP contribution >= 0.6 is 0 Å². The van der Waals surface area contributed by atoms with Crippen LogP contribution in [0, 0.1) is 5.92 Å². The van der Waals surface area contributed by atoms with Gasteiger partial charge in [0.05, 0.1) is 13.2 Å². The Morgan fingerprint density at radius 2 is 0.960 bits per heavy atom. The van der Waals surface area contributed by atoms with Crippen molar-refractivity contribution < 1.29 is 19.1 Å². The van der Waals surface area contributed by atoms with E-state index in [2.05, 4.69) is 13.8 Å². The van der Waals surface area contributed by atoms with Crippen LogP contribution in [0.15, 0.2) is 0 Å². The summed E-state index contributed by atoms with van der Waals surface area (Å²) in [7, 11) is 0.